The van der Waals surface area contributed by atoms with Crippen LogP contribution in [0.15, 0.2) is 22.7 Å². The van der Waals surface area contributed by atoms with Crippen LogP contribution in [0.25, 0.3) is 11.0 Å². The molecule has 19 heavy (non-hydrogen) atoms. The lowest BCUT2D eigenvalue weighted by atomic mass is 10.2. The van der Waals surface area contributed by atoms with Crippen molar-refractivity contribution in [3.05, 3.63) is 41.3 Å². The third-order valence-corrected chi connectivity index (χ3v) is 3.20. The average Bonchev–Trinajstić information content (AvgIpc) is 2.94. The Morgan fingerprint density at radius 2 is 2.11 bits per heavy atom. The van der Waals surface area contributed by atoms with Gasteiger partial charge in [-0.25, -0.2) is 4.98 Å². The maximum atomic E-state index is 5.96. The topological polar surface area (TPSA) is 56.7 Å². The van der Waals surface area contributed by atoms with E-state index in [1.54, 1.807) is 6.92 Å². The highest BCUT2D eigenvalue weighted by Crippen LogP contribution is 2.20. The Labute approximate surface area is 115 Å². The van der Waals surface area contributed by atoms with Crippen LogP contribution in [0, 0.1) is 13.8 Å². The normalized spacial score (nSPS) is 11.3. The van der Waals surface area contributed by atoms with Gasteiger partial charge in [-0.3, -0.25) is 0 Å². The molecule has 0 N–H and O–H groups in total. The molecule has 0 fully saturated rings. The third kappa shape index (κ3) is 2.21. The van der Waals surface area contributed by atoms with Gasteiger partial charge in [-0.2, -0.15) is 4.98 Å². The molecule has 2 aromatic heterocycles. The molecular formula is C13H13ClN4O. The van der Waals surface area contributed by atoms with Crippen molar-refractivity contribution in [3.8, 4) is 0 Å². The van der Waals surface area contributed by atoms with Crippen LogP contribution in [-0.2, 0) is 12.4 Å². The van der Waals surface area contributed by atoms with E-state index in [9.17, 15) is 0 Å². The van der Waals surface area contributed by atoms with Crippen LogP contribution >= 0.6 is 11.6 Å². The summed E-state index contributed by atoms with van der Waals surface area (Å²) < 4.78 is 7.17. The number of hydrogen-bond acceptors (Lipinski definition) is 4. The van der Waals surface area contributed by atoms with Crippen LogP contribution in [0.4, 0.5) is 0 Å². The molecule has 0 radical (unpaired) electrons. The van der Waals surface area contributed by atoms with Crippen molar-refractivity contribution < 1.29 is 4.52 Å². The van der Waals surface area contributed by atoms with Gasteiger partial charge in [0.05, 0.1) is 16.9 Å². The van der Waals surface area contributed by atoms with Gasteiger partial charge in [0, 0.05) is 0 Å². The van der Waals surface area contributed by atoms with Crippen molar-refractivity contribution in [1.82, 2.24) is 19.7 Å². The first-order valence-corrected chi connectivity index (χ1v) is 6.52. The quantitative estimate of drug-likeness (QED) is 0.690. The first-order valence-electron chi connectivity index (χ1n) is 5.98. The summed E-state index contributed by atoms with van der Waals surface area (Å²) in [6, 6.07) is 6.13. The molecule has 0 aliphatic carbocycles. The highest BCUT2D eigenvalue weighted by Gasteiger charge is 2.13. The fraction of sp³-hybridized carbons (Fsp3) is 0.308. The molecule has 0 unspecified atom stereocenters. The number of aromatic nitrogens is 4. The zero-order chi connectivity index (χ0) is 13.4. The second kappa shape index (κ2) is 4.66. The lowest BCUT2D eigenvalue weighted by Gasteiger charge is -2.03. The zero-order valence-corrected chi connectivity index (χ0v) is 11.5. The van der Waals surface area contributed by atoms with Crippen LogP contribution in [0.2, 0.25) is 0 Å². The number of alkyl halides is 1. The van der Waals surface area contributed by atoms with Crippen LogP contribution in [0.1, 0.15) is 23.1 Å². The first-order chi connectivity index (χ1) is 9.17. The number of imidazole rings is 1. The maximum Gasteiger partial charge on any atom is 0.246 e. The van der Waals surface area contributed by atoms with Gasteiger partial charge in [0.1, 0.15) is 12.4 Å². The van der Waals surface area contributed by atoms with Crippen LogP contribution in [0.5, 0.6) is 0 Å². The second-order valence-corrected chi connectivity index (χ2v) is 4.74. The predicted molar refractivity (Wildman–Crippen MR) is 72.2 cm³/mol. The standard InChI is InChI=1S/C13H13ClN4O/c1-8-3-4-11-10(5-8)16-12(6-14)18(11)7-13-15-9(2)17-19-13/h3-5H,6-7H2,1-2H3. The number of nitrogens with zero attached hydrogens (tertiary/aromatic N) is 4. The van der Waals surface area contributed by atoms with E-state index in [2.05, 4.69) is 21.2 Å². The van der Waals surface area contributed by atoms with Crippen LogP contribution in [0.3, 0.4) is 0 Å². The minimum absolute atomic E-state index is 0.348. The van der Waals surface area contributed by atoms with Gasteiger partial charge in [-0.1, -0.05) is 11.2 Å². The molecule has 5 nitrogen and oxygen atoms in total. The van der Waals surface area contributed by atoms with Crippen molar-refractivity contribution in [2.45, 2.75) is 26.3 Å². The molecule has 3 aromatic rings. The van der Waals surface area contributed by atoms with E-state index in [0.717, 1.165) is 16.9 Å². The van der Waals surface area contributed by atoms with Crippen molar-refractivity contribution >= 4 is 22.6 Å². The molecule has 0 saturated heterocycles. The Morgan fingerprint density at radius 1 is 1.26 bits per heavy atom. The summed E-state index contributed by atoms with van der Waals surface area (Å²) in [5.41, 5.74) is 3.14. The van der Waals surface area contributed by atoms with E-state index < -0.39 is 0 Å². The summed E-state index contributed by atoms with van der Waals surface area (Å²) in [5.74, 6) is 2.34. The second-order valence-electron chi connectivity index (χ2n) is 4.48. The van der Waals surface area contributed by atoms with Crippen LogP contribution < -0.4 is 0 Å². The molecule has 6 heteroatoms. The highest BCUT2D eigenvalue weighted by atomic mass is 35.5. The fourth-order valence-corrected chi connectivity index (χ4v) is 2.31. The van der Waals surface area contributed by atoms with E-state index in [-0.39, 0.29) is 0 Å². The van der Waals surface area contributed by atoms with E-state index in [0.29, 0.717) is 24.1 Å². The molecule has 2 heterocycles. The summed E-state index contributed by atoms with van der Waals surface area (Å²) >= 11 is 5.96. The maximum absolute atomic E-state index is 5.96. The summed E-state index contributed by atoms with van der Waals surface area (Å²) in [6.45, 7) is 4.33. The van der Waals surface area contributed by atoms with Crippen molar-refractivity contribution in [1.29, 1.82) is 0 Å². The summed E-state index contributed by atoms with van der Waals surface area (Å²) in [4.78, 5) is 8.75. The number of aryl methyl sites for hydroxylation is 2. The van der Waals surface area contributed by atoms with Gasteiger partial charge >= 0.3 is 0 Å². The molecule has 0 bridgehead atoms. The fourth-order valence-electron chi connectivity index (χ4n) is 2.11. The molecule has 3 rings (SSSR count). The van der Waals surface area contributed by atoms with Crippen molar-refractivity contribution in [2.75, 3.05) is 0 Å². The van der Waals surface area contributed by atoms with E-state index in [1.165, 1.54) is 5.56 Å². The SMILES string of the molecule is Cc1ccc2c(c1)nc(CCl)n2Cc1nc(C)no1. The molecule has 0 atom stereocenters. The molecule has 0 aliphatic rings. The summed E-state index contributed by atoms with van der Waals surface area (Å²) in [6.07, 6.45) is 0. The predicted octanol–water partition coefficient (Wildman–Crippen LogP) is 2.82. The van der Waals surface area contributed by atoms with Gasteiger partial charge < -0.3 is 9.09 Å². The van der Waals surface area contributed by atoms with E-state index >= 15 is 0 Å². The molecule has 0 aliphatic heterocycles. The van der Waals surface area contributed by atoms with Gasteiger partial charge in [0.15, 0.2) is 5.82 Å². The van der Waals surface area contributed by atoms with Gasteiger partial charge in [0.2, 0.25) is 5.89 Å². The molecule has 0 amide bonds. The highest BCUT2D eigenvalue weighted by molar-refractivity contribution is 6.16. The number of halogens is 1. The number of hydrogen-bond donors (Lipinski definition) is 0. The minimum Gasteiger partial charge on any atom is -0.337 e. The van der Waals surface area contributed by atoms with Gasteiger partial charge in [0.25, 0.3) is 0 Å². The largest absolute Gasteiger partial charge is 0.337 e. The number of benzene rings is 1. The molecular weight excluding hydrogens is 264 g/mol. The van der Waals surface area contributed by atoms with Crippen LogP contribution in [-0.4, -0.2) is 19.7 Å². The molecule has 0 spiro atoms. The summed E-state index contributed by atoms with van der Waals surface area (Å²) in [7, 11) is 0. The lowest BCUT2D eigenvalue weighted by Crippen LogP contribution is -2.04. The monoisotopic (exact) mass is 276 g/mol. The molecule has 0 saturated carbocycles. The van der Waals surface area contributed by atoms with Gasteiger partial charge in [-0.05, 0) is 31.5 Å². The lowest BCUT2D eigenvalue weighted by molar-refractivity contribution is 0.368. The zero-order valence-electron chi connectivity index (χ0n) is 10.7. The third-order valence-electron chi connectivity index (χ3n) is 2.97. The Kier molecular flexibility index (Phi) is 2.98. The summed E-state index contributed by atoms with van der Waals surface area (Å²) in [5, 5.41) is 3.79. The van der Waals surface area contributed by atoms with Crippen molar-refractivity contribution in [3.63, 3.8) is 0 Å². The van der Waals surface area contributed by atoms with E-state index in [4.69, 9.17) is 16.1 Å². The Bertz CT molecular complexity index is 731. The Hall–Kier alpha value is -1.88. The number of rotatable bonds is 3. The minimum atomic E-state index is 0.348. The van der Waals surface area contributed by atoms with Crippen molar-refractivity contribution in [2.24, 2.45) is 0 Å². The average molecular weight is 277 g/mol. The Morgan fingerprint density at radius 3 is 2.79 bits per heavy atom. The van der Waals surface area contributed by atoms with E-state index in [1.807, 2.05) is 23.6 Å². The first kappa shape index (κ1) is 12.2. The number of fused-ring (bicyclic) bond motifs is 1. The Balaban J connectivity index is 2.10. The smallest absolute Gasteiger partial charge is 0.246 e. The molecule has 98 valence electrons. The molecule has 1 aromatic carbocycles. The van der Waals surface area contributed by atoms with Gasteiger partial charge in [-0.15, -0.1) is 11.6 Å².